The van der Waals surface area contributed by atoms with Crippen LogP contribution >= 0.6 is 0 Å². The summed E-state index contributed by atoms with van der Waals surface area (Å²) in [7, 11) is 0. The molecule has 1 heterocycles. The molecule has 0 spiro atoms. The maximum absolute atomic E-state index is 3.61. The van der Waals surface area contributed by atoms with Gasteiger partial charge < -0.3 is 10.6 Å². The molecular formula is C14H20N2. The quantitative estimate of drug-likeness (QED) is 0.800. The van der Waals surface area contributed by atoms with Gasteiger partial charge in [-0.1, -0.05) is 24.3 Å². The van der Waals surface area contributed by atoms with Crippen LogP contribution in [0.1, 0.15) is 29.9 Å². The van der Waals surface area contributed by atoms with Crippen LogP contribution in [0.2, 0.25) is 0 Å². The predicted octanol–water partition coefficient (Wildman–Crippen LogP) is 1.67. The van der Waals surface area contributed by atoms with E-state index in [9.17, 15) is 0 Å². The van der Waals surface area contributed by atoms with Gasteiger partial charge in [-0.2, -0.15) is 0 Å². The van der Waals surface area contributed by atoms with Gasteiger partial charge in [-0.05, 0) is 36.9 Å². The van der Waals surface area contributed by atoms with Gasteiger partial charge in [0.05, 0.1) is 0 Å². The van der Waals surface area contributed by atoms with E-state index in [0.29, 0.717) is 0 Å². The maximum atomic E-state index is 3.61. The summed E-state index contributed by atoms with van der Waals surface area (Å²) < 4.78 is 0. The Kier molecular flexibility index (Phi) is 2.94. The molecule has 16 heavy (non-hydrogen) atoms. The van der Waals surface area contributed by atoms with Gasteiger partial charge >= 0.3 is 0 Å². The fraction of sp³-hybridized carbons (Fsp3) is 0.571. The van der Waals surface area contributed by atoms with Crippen molar-refractivity contribution in [1.82, 2.24) is 10.6 Å². The molecule has 1 aromatic carbocycles. The van der Waals surface area contributed by atoms with E-state index in [2.05, 4.69) is 34.9 Å². The summed E-state index contributed by atoms with van der Waals surface area (Å²) in [6.07, 6.45) is 3.95. The molecule has 0 bridgehead atoms. The molecule has 2 heteroatoms. The summed E-state index contributed by atoms with van der Waals surface area (Å²) in [5.74, 6) is 0.762. The molecule has 2 aliphatic rings. The zero-order valence-electron chi connectivity index (χ0n) is 9.71. The highest BCUT2D eigenvalue weighted by Crippen LogP contribution is 2.33. The lowest BCUT2D eigenvalue weighted by molar-refractivity contribution is 0.487. The van der Waals surface area contributed by atoms with Crippen molar-refractivity contribution < 1.29 is 0 Å². The lowest BCUT2D eigenvalue weighted by Crippen LogP contribution is -2.37. The number of fused-ring (bicyclic) bond motifs is 1. The topological polar surface area (TPSA) is 24.1 Å². The largest absolute Gasteiger partial charge is 0.315 e. The first-order chi connectivity index (χ1) is 7.93. The first-order valence-electron chi connectivity index (χ1n) is 6.45. The molecule has 2 atom stereocenters. The van der Waals surface area contributed by atoms with Gasteiger partial charge in [-0.15, -0.1) is 0 Å². The zero-order valence-corrected chi connectivity index (χ0v) is 9.71. The van der Waals surface area contributed by atoms with Gasteiger partial charge in [0, 0.05) is 25.0 Å². The standard InChI is InChI=1S/C14H20N2/c1-2-6-14-11(4-1)8-12(14)9-15-10-13-5-3-7-16-13/h1-2,4,6,12-13,15-16H,3,5,7-10H2. The molecule has 2 N–H and O–H groups in total. The molecule has 1 aliphatic carbocycles. The third kappa shape index (κ3) is 2.00. The van der Waals surface area contributed by atoms with E-state index in [1.165, 1.54) is 25.8 Å². The molecule has 0 aromatic heterocycles. The van der Waals surface area contributed by atoms with Gasteiger partial charge in [-0.25, -0.2) is 0 Å². The zero-order chi connectivity index (χ0) is 10.8. The molecule has 0 radical (unpaired) electrons. The summed E-state index contributed by atoms with van der Waals surface area (Å²) in [4.78, 5) is 0. The minimum atomic E-state index is 0.718. The van der Waals surface area contributed by atoms with Crippen LogP contribution < -0.4 is 10.6 Å². The van der Waals surface area contributed by atoms with Crippen molar-refractivity contribution in [2.75, 3.05) is 19.6 Å². The Morgan fingerprint density at radius 3 is 3.00 bits per heavy atom. The molecule has 0 amide bonds. The van der Waals surface area contributed by atoms with Crippen LogP contribution in [0.3, 0.4) is 0 Å². The summed E-state index contributed by atoms with van der Waals surface area (Å²) in [6.45, 7) is 3.49. The van der Waals surface area contributed by atoms with Gasteiger partial charge in [0.25, 0.3) is 0 Å². The van der Waals surface area contributed by atoms with E-state index in [1.807, 2.05) is 0 Å². The molecule has 3 rings (SSSR count). The average molecular weight is 216 g/mol. The Bertz CT molecular complexity index is 356. The fourth-order valence-corrected chi connectivity index (χ4v) is 2.91. The van der Waals surface area contributed by atoms with E-state index >= 15 is 0 Å². The molecule has 0 saturated carbocycles. The van der Waals surface area contributed by atoms with Crippen LogP contribution in [0.4, 0.5) is 0 Å². The minimum absolute atomic E-state index is 0.718. The second kappa shape index (κ2) is 4.56. The third-order valence-corrected chi connectivity index (χ3v) is 3.91. The van der Waals surface area contributed by atoms with Crippen LogP contribution in [0, 0.1) is 0 Å². The second-order valence-electron chi connectivity index (χ2n) is 5.05. The van der Waals surface area contributed by atoms with Gasteiger partial charge in [0.15, 0.2) is 0 Å². The van der Waals surface area contributed by atoms with Crippen molar-refractivity contribution in [3.63, 3.8) is 0 Å². The van der Waals surface area contributed by atoms with Crippen molar-refractivity contribution in [2.24, 2.45) is 0 Å². The van der Waals surface area contributed by atoms with Crippen molar-refractivity contribution in [2.45, 2.75) is 31.2 Å². The number of hydrogen-bond acceptors (Lipinski definition) is 2. The lowest BCUT2D eigenvalue weighted by Gasteiger charge is -2.30. The molecule has 2 nitrogen and oxygen atoms in total. The second-order valence-corrected chi connectivity index (χ2v) is 5.05. The number of nitrogens with one attached hydrogen (secondary N) is 2. The van der Waals surface area contributed by atoms with Crippen LogP contribution in [-0.2, 0) is 6.42 Å². The van der Waals surface area contributed by atoms with E-state index in [4.69, 9.17) is 0 Å². The smallest absolute Gasteiger partial charge is 0.0192 e. The Balaban J connectivity index is 1.44. The minimum Gasteiger partial charge on any atom is -0.315 e. The predicted molar refractivity (Wildman–Crippen MR) is 66.8 cm³/mol. The summed E-state index contributed by atoms with van der Waals surface area (Å²) in [5, 5.41) is 7.13. The Morgan fingerprint density at radius 1 is 1.25 bits per heavy atom. The highest BCUT2D eigenvalue weighted by Gasteiger charge is 2.25. The fourth-order valence-electron chi connectivity index (χ4n) is 2.91. The SMILES string of the molecule is c1ccc2c(c1)CC2CNCC1CCCN1. The van der Waals surface area contributed by atoms with Gasteiger partial charge in [0.2, 0.25) is 0 Å². The molecule has 1 saturated heterocycles. The highest BCUT2D eigenvalue weighted by atomic mass is 15.0. The first-order valence-corrected chi connectivity index (χ1v) is 6.45. The normalized spacial score (nSPS) is 27.5. The van der Waals surface area contributed by atoms with Crippen LogP contribution in [-0.4, -0.2) is 25.7 Å². The van der Waals surface area contributed by atoms with Crippen molar-refractivity contribution in [3.8, 4) is 0 Å². The van der Waals surface area contributed by atoms with Crippen molar-refractivity contribution in [3.05, 3.63) is 35.4 Å². The summed E-state index contributed by atoms with van der Waals surface area (Å²) in [6, 6.07) is 9.55. The molecule has 2 unspecified atom stereocenters. The summed E-state index contributed by atoms with van der Waals surface area (Å²) >= 11 is 0. The lowest BCUT2D eigenvalue weighted by atomic mass is 9.77. The van der Waals surface area contributed by atoms with Gasteiger partial charge in [0.1, 0.15) is 0 Å². The first kappa shape index (κ1) is 10.3. The van der Waals surface area contributed by atoms with Gasteiger partial charge in [-0.3, -0.25) is 0 Å². The maximum Gasteiger partial charge on any atom is 0.0192 e. The molecule has 86 valence electrons. The number of benzene rings is 1. The molecule has 1 aromatic rings. The van der Waals surface area contributed by atoms with E-state index in [-0.39, 0.29) is 0 Å². The summed E-state index contributed by atoms with van der Waals surface area (Å²) in [5.41, 5.74) is 3.11. The van der Waals surface area contributed by atoms with Crippen LogP contribution in [0.25, 0.3) is 0 Å². The van der Waals surface area contributed by atoms with E-state index in [0.717, 1.165) is 25.0 Å². The number of hydrogen-bond donors (Lipinski definition) is 2. The molecule has 1 aliphatic heterocycles. The Labute approximate surface area is 97.4 Å². The monoisotopic (exact) mass is 216 g/mol. The van der Waals surface area contributed by atoms with E-state index in [1.54, 1.807) is 11.1 Å². The third-order valence-electron chi connectivity index (χ3n) is 3.91. The highest BCUT2D eigenvalue weighted by molar-refractivity contribution is 5.40. The Morgan fingerprint density at radius 2 is 2.19 bits per heavy atom. The van der Waals surface area contributed by atoms with Crippen molar-refractivity contribution >= 4 is 0 Å². The number of rotatable bonds is 4. The van der Waals surface area contributed by atoms with Crippen molar-refractivity contribution in [1.29, 1.82) is 0 Å². The van der Waals surface area contributed by atoms with E-state index < -0.39 is 0 Å². The van der Waals surface area contributed by atoms with Crippen LogP contribution in [0.5, 0.6) is 0 Å². The molecule has 1 fully saturated rings. The molecular weight excluding hydrogens is 196 g/mol. The Hall–Kier alpha value is -0.860. The average Bonchev–Trinajstić information content (AvgIpc) is 2.77. The van der Waals surface area contributed by atoms with Crippen LogP contribution in [0.15, 0.2) is 24.3 Å².